The summed E-state index contributed by atoms with van der Waals surface area (Å²) in [5.74, 6) is 0.259. The van der Waals surface area contributed by atoms with Crippen molar-refractivity contribution in [3.63, 3.8) is 0 Å². The van der Waals surface area contributed by atoms with Crippen molar-refractivity contribution in [2.45, 2.75) is 56.9 Å². The molecule has 2 amide bonds. The highest BCUT2D eigenvalue weighted by Gasteiger charge is 2.40. The maximum atomic E-state index is 13.3. The fraction of sp³-hybridized carbons (Fsp3) is 0.619. The van der Waals surface area contributed by atoms with Gasteiger partial charge in [0.05, 0.1) is 24.9 Å². The minimum absolute atomic E-state index is 0.0552. The number of carbonyl (C=O) groups excluding carboxylic acids is 2. The normalized spacial score (nSPS) is 28.3. The van der Waals surface area contributed by atoms with Gasteiger partial charge in [-0.1, -0.05) is 12.1 Å². The highest BCUT2D eigenvalue weighted by molar-refractivity contribution is 5.94. The van der Waals surface area contributed by atoms with Gasteiger partial charge in [-0.05, 0) is 43.4 Å². The first-order valence-electron chi connectivity index (χ1n) is 9.98. The highest BCUT2D eigenvalue weighted by atomic mass is 16.5. The molecule has 6 heteroatoms. The van der Waals surface area contributed by atoms with Crippen LogP contribution in [0.1, 0.15) is 48.0 Å². The average molecular weight is 372 g/mol. The van der Waals surface area contributed by atoms with E-state index in [0.717, 1.165) is 37.8 Å². The Morgan fingerprint density at radius 3 is 2.96 bits per heavy atom. The molecule has 2 heterocycles. The molecule has 0 radical (unpaired) electrons. The number of hydrogen-bond donors (Lipinski definition) is 0. The van der Waals surface area contributed by atoms with Gasteiger partial charge in [0.15, 0.2) is 0 Å². The first-order valence-corrected chi connectivity index (χ1v) is 9.98. The van der Waals surface area contributed by atoms with Crippen LogP contribution >= 0.6 is 0 Å². The molecule has 0 aromatic heterocycles. The SMILES string of the molecule is COC1CCC2OCCN(C(=O)c3cccc(CN4CCCC4=O)c3)C2C1. The second-order valence-electron chi connectivity index (χ2n) is 7.77. The summed E-state index contributed by atoms with van der Waals surface area (Å²) in [6.45, 7) is 2.60. The topological polar surface area (TPSA) is 59.1 Å². The monoisotopic (exact) mass is 372 g/mol. The van der Waals surface area contributed by atoms with Crippen molar-refractivity contribution in [3.8, 4) is 0 Å². The Hall–Kier alpha value is -1.92. The van der Waals surface area contributed by atoms with E-state index in [2.05, 4.69) is 0 Å². The predicted octanol–water partition coefficient (Wildman–Crippen LogP) is 2.22. The van der Waals surface area contributed by atoms with Crippen molar-refractivity contribution < 1.29 is 19.1 Å². The van der Waals surface area contributed by atoms with Crippen molar-refractivity contribution in [1.82, 2.24) is 9.80 Å². The molecule has 6 nitrogen and oxygen atoms in total. The summed E-state index contributed by atoms with van der Waals surface area (Å²) in [6.07, 6.45) is 4.61. The minimum Gasteiger partial charge on any atom is -0.381 e. The summed E-state index contributed by atoms with van der Waals surface area (Å²) in [6, 6.07) is 7.80. The minimum atomic E-state index is 0.0552. The fourth-order valence-corrected chi connectivity index (χ4v) is 4.60. The van der Waals surface area contributed by atoms with Gasteiger partial charge >= 0.3 is 0 Å². The van der Waals surface area contributed by atoms with Crippen molar-refractivity contribution in [1.29, 1.82) is 0 Å². The zero-order valence-electron chi connectivity index (χ0n) is 15.9. The number of methoxy groups -OCH3 is 1. The highest BCUT2D eigenvalue weighted by Crippen LogP contribution is 2.31. The number of morpholine rings is 1. The summed E-state index contributed by atoms with van der Waals surface area (Å²) in [5.41, 5.74) is 1.71. The molecule has 1 aromatic carbocycles. The third-order valence-corrected chi connectivity index (χ3v) is 6.08. The van der Waals surface area contributed by atoms with Crippen LogP contribution in [-0.4, -0.2) is 66.7 Å². The van der Waals surface area contributed by atoms with E-state index in [0.29, 0.717) is 31.7 Å². The molecule has 1 saturated carbocycles. The molecule has 146 valence electrons. The van der Waals surface area contributed by atoms with Crippen LogP contribution in [0.2, 0.25) is 0 Å². The number of amides is 2. The van der Waals surface area contributed by atoms with Gasteiger partial charge in [0.1, 0.15) is 0 Å². The van der Waals surface area contributed by atoms with Gasteiger partial charge in [-0.2, -0.15) is 0 Å². The van der Waals surface area contributed by atoms with Gasteiger partial charge in [0, 0.05) is 38.7 Å². The number of benzene rings is 1. The van der Waals surface area contributed by atoms with Crippen LogP contribution in [0.15, 0.2) is 24.3 Å². The van der Waals surface area contributed by atoms with Crippen molar-refractivity contribution in [2.24, 2.45) is 0 Å². The Morgan fingerprint density at radius 2 is 2.19 bits per heavy atom. The molecular formula is C21H28N2O4. The summed E-state index contributed by atoms with van der Waals surface area (Å²) < 4.78 is 11.5. The first-order chi connectivity index (χ1) is 13.2. The van der Waals surface area contributed by atoms with Crippen LogP contribution in [0.4, 0.5) is 0 Å². The number of likely N-dealkylation sites (tertiary alicyclic amines) is 1. The molecule has 3 atom stereocenters. The van der Waals surface area contributed by atoms with Gasteiger partial charge in [-0.3, -0.25) is 9.59 Å². The van der Waals surface area contributed by atoms with Gasteiger partial charge in [-0.15, -0.1) is 0 Å². The quantitative estimate of drug-likeness (QED) is 0.813. The maximum Gasteiger partial charge on any atom is 0.254 e. The molecular weight excluding hydrogens is 344 g/mol. The van der Waals surface area contributed by atoms with E-state index in [1.54, 1.807) is 7.11 Å². The first kappa shape index (κ1) is 18.4. The average Bonchev–Trinajstić information content (AvgIpc) is 3.11. The molecule has 3 unspecified atom stereocenters. The summed E-state index contributed by atoms with van der Waals surface area (Å²) in [4.78, 5) is 29.0. The van der Waals surface area contributed by atoms with Crippen LogP contribution < -0.4 is 0 Å². The number of hydrogen-bond acceptors (Lipinski definition) is 4. The molecule has 0 spiro atoms. The lowest BCUT2D eigenvalue weighted by Crippen LogP contribution is -2.56. The number of nitrogens with zero attached hydrogens (tertiary/aromatic N) is 2. The lowest BCUT2D eigenvalue weighted by Gasteiger charge is -2.45. The summed E-state index contributed by atoms with van der Waals surface area (Å²) in [7, 11) is 1.74. The predicted molar refractivity (Wildman–Crippen MR) is 100 cm³/mol. The van der Waals surface area contributed by atoms with Gasteiger partial charge in [0.25, 0.3) is 5.91 Å². The van der Waals surface area contributed by atoms with Crippen LogP contribution in [0.3, 0.4) is 0 Å². The van der Waals surface area contributed by atoms with Crippen molar-refractivity contribution in [3.05, 3.63) is 35.4 Å². The van der Waals surface area contributed by atoms with Crippen LogP contribution in [0.5, 0.6) is 0 Å². The molecule has 27 heavy (non-hydrogen) atoms. The molecule has 0 N–H and O–H groups in total. The van der Waals surface area contributed by atoms with Crippen LogP contribution in [0.25, 0.3) is 0 Å². The van der Waals surface area contributed by atoms with Crippen LogP contribution in [0, 0.1) is 0 Å². The Balaban J connectivity index is 1.49. The van der Waals surface area contributed by atoms with E-state index < -0.39 is 0 Å². The van der Waals surface area contributed by atoms with Crippen molar-refractivity contribution >= 4 is 11.8 Å². The van der Waals surface area contributed by atoms with E-state index in [4.69, 9.17) is 9.47 Å². The van der Waals surface area contributed by atoms with Gasteiger partial charge in [-0.25, -0.2) is 0 Å². The molecule has 1 aromatic rings. The Labute approximate surface area is 160 Å². The molecule has 2 aliphatic heterocycles. The zero-order valence-corrected chi connectivity index (χ0v) is 15.9. The van der Waals surface area contributed by atoms with Gasteiger partial charge in [0.2, 0.25) is 5.91 Å². The lowest BCUT2D eigenvalue weighted by molar-refractivity contribution is -0.128. The zero-order chi connectivity index (χ0) is 18.8. The largest absolute Gasteiger partial charge is 0.381 e. The Morgan fingerprint density at radius 1 is 1.30 bits per heavy atom. The van der Waals surface area contributed by atoms with E-state index in [9.17, 15) is 9.59 Å². The smallest absolute Gasteiger partial charge is 0.254 e. The number of fused-ring (bicyclic) bond motifs is 1. The Kier molecular flexibility index (Phi) is 5.45. The standard InChI is InChI=1S/C21H28N2O4/c1-26-17-7-8-19-18(13-17)23(10-11-27-19)21(25)16-5-2-4-15(12-16)14-22-9-3-6-20(22)24/h2,4-5,12,17-19H,3,6-11,13-14H2,1H3. The third-order valence-electron chi connectivity index (χ3n) is 6.08. The second kappa shape index (κ2) is 7.98. The summed E-state index contributed by atoms with van der Waals surface area (Å²) >= 11 is 0. The molecule has 3 fully saturated rings. The second-order valence-corrected chi connectivity index (χ2v) is 7.77. The maximum absolute atomic E-state index is 13.3. The van der Waals surface area contributed by atoms with Crippen LogP contribution in [-0.2, 0) is 20.8 Å². The summed E-state index contributed by atoms with van der Waals surface area (Å²) in [5, 5.41) is 0. The van der Waals surface area contributed by atoms with E-state index >= 15 is 0 Å². The fourth-order valence-electron chi connectivity index (χ4n) is 4.60. The van der Waals surface area contributed by atoms with E-state index in [-0.39, 0.29) is 30.1 Å². The lowest BCUT2D eigenvalue weighted by atomic mass is 9.87. The Bertz CT molecular complexity index is 707. The number of ether oxygens (including phenoxy) is 2. The van der Waals surface area contributed by atoms with E-state index in [1.807, 2.05) is 34.1 Å². The number of rotatable bonds is 4. The van der Waals surface area contributed by atoms with Crippen molar-refractivity contribution in [2.75, 3.05) is 26.8 Å². The molecule has 1 aliphatic carbocycles. The molecule has 0 bridgehead atoms. The molecule has 4 rings (SSSR count). The van der Waals surface area contributed by atoms with E-state index in [1.165, 1.54) is 0 Å². The third kappa shape index (κ3) is 3.87. The molecule has 2 saturated heterocycles. The van der Waals surface area contributed by atoms with Gasteiger partial charge < -0.3 is 19.3 Å². The molecule has 3 aliphatic rings. The number of carbonyl (C=O) groups is 2.